The zero-order chi connectivity index (χ0) is 12.9. The zero-order valence-electron chi connectivity index (χ0n) is 9.27. The summed E-state index contributed by atoms with van der Waals surface area (Å²) in [5, 5.41) is 15.6. The fraction of sp³-hybridized carbons (Fsp3) is 0.667. The predicted molar refractivity (Wildman–Crippen MR) is 52.4 cm³/mol. The van der Waals surface area contributed by atoms with Crippen LogP contribution in [0, 0.1) is 0 Å². The lowest BCUT2D eigenvalue weighted by Gasteiger charge is -2.13. The molecule has 0 aliphatic carbocycles. The molecule has 8 heteroatoms. The van der Waals surface area contributed by atoms with Crippen LogP contribution in [0.4, 0.5) is 8.78 Å². The van der Waals surface area contributed by atoms with Crippen molar-refractivity contribution in [1.29, 1.82) is 0 Å². The average Bonchev–Trinajstić information content (AvgIpc) is 2.66. The maximum atomic E-state index is 13.3. The van der Waals surface area contributed by atoms with E-state index in [1.54, 1.807) is 0 Å². The number of aromatic nitrogens is 3. The largest absolute Gasteiger partial charge is 0.462 e. The Labute approximate surface area is 96.2 Å². The molecule has 0 atom stereocenters. The molecule has 0 bridgehead atoms. The van der Waals surface area contributed by atoms with Gasteiger partial charge in [0.15, 0.2) is 0 Å². The molecule has 1 rings (SSSR count). The van der Waals surface area contributed by atoms with Gasteiger partial charge in [-0.3, -0.25) is 0 Å². The van der Waals surface area contributed by atoms with Gasteiger partial charge in [0.2, 0.25) is 0 Å². The first-order valence-corrected chi connectivity index (χ1v) is 5.04. The minimum Gasteiger partial charge on any atom is -0.462 e. The summed E-state index contributed by atoms with van der Waals surface area (Å²) in [7, 11) is 0. The van der Waals surface area contributed by atoms with E-state index in [-0.39, 0.29) is 19.6 Å². The van der Waals surface area contributed by atoms with E-state index in [1.807, 2.05) is 0 Å². The van der Waals surface area contributed by atoms with Gasteiger partial charge in [-0.05, 0) is 6.92 Å². The molecule has 96 valence electrons. The number of ether oxygens (including phenoxy) is 1. The monoisotopic (exact) mass is 249 g/mol. The summed E-state index contributed by atoms with van der Waals surface area (Å²) in [5.74, 6) is -5.22. The molecular formula is C9H13F2N3O3. The lowest BCUT2D eigenvalue weighted by Crippen LogP contribution is -2.35. The molecule has 1 aromatic heterocycles. The fourth-order valence-electron chi connectivity index (χ4n) is 1.15. The smallest absolute Gasteiger partial charge is 0.379 e. The van der Waals surface area contributed by atoms with Crippen molar-refractivity contribution in [3.8, 4) is 0 Å². The predicted octanol–water partition coefficient (Wildman–Crippen LogP) is 0.0113. The first-order chi connectivity index (χ1) is 7.99. The van der Waals surface area contributed by atoms with Gasteiger partial charge in [-0.15, -0.1) is 5.10 Å². The molecule has 0 amide bonds. The van der Waals surface area contributed by atoms with Gasteiger partial charge in [-0.2, -0.15) is 8.78 Å². The summed E-state index contributed by atoms with van der Waals surface area (Å²) in [6.45, 7) is 0.265. The van der Waals surface area contributed by atoms with Gasteiger partial charge in [-0.25, -0.2) is 9.48 Å². The zero-order valence-corrected chi connectivity index (χ0v) is 9.27. The fourth-order valence-corrected chi connectivity index (χ4v) is 1.15. The van der Waals surface area contributed by atoms with Crippen LogP contribution >= 0.6 is 0 Å². The molecule has 0 radical (unpaired) electrons. The standard InChI is InChI=1S/C9H13F2N3O3/c1-2-17-8(16)9(10,11)6-14-5-7(3-4-15)12-13-14/h5,15H,2-4,6H2,1H3. The molecule has 1 heterocycles. The number of aliphatic hydroxyl groups is 1. The highest BCUT2D eigenvalue weighted by Gasteiger charge is 2.41. The highest BCUT2D eigenvalue weighted by atomic mass is 19.3. The molecule has 0 saturated carbocycles. The van der Waals surface area contributed by atoms with Crippen LogP contribution in [-0.4, -0.2) is 45.2 Å². The summed E-state index contributed by atoms with van der Waals surface area (Å²) in [5.41, 5.74) is 0.382. The third-order valence-electron chi connectivity index (χ3n) is 1.89. The summed E-state index contributed by atoms with van der Waals surface area (Å²) >= 11 is 0. The van der Waals surface area contributed by atoms with Crippen LogP contribution in [0.3, 0.4) is 0 Å². The number of carbonyl (C=O) groups is 1. The molecule has 6 nitrogen and oxygen atoms in total. The van der Waals surface area contributed by atoms with Gasteiger partial charge in [0.25, 0.3) is 0 Å². The summed E-state index contributed by atoms with van der Waals surface area (Å²) in [6, 6.07) is 0. The van der Waals surface area contributed by atoms with E-state index in [9.17, 15) is 13.6 Å². The van der Waals surface area contributed by atoms with Crippen molar-refractivity contribution in [2.24, 2.45) is 0 Å². The number of aliphatic hydroxyl groups excluding tert-OH is 1. The number of esters is 1. The van der Waals surface area contributed by atoms with Crippen LogP contribution < -0.4 is 0 Å². The Balaban J connectivity index is 2.65. The van der Waals surface area contributed by atoms with Gasteiger partial charge >= 0.3 is 11.9 Å². The van der Waals surface area contributed by atoms with E-state index >= 15 is 0 Å². The van der Waals surface area contributed by atoms with Crippen molar-refractivity contribution in [1.82, 2.24) is 15.0 Å². The van der Waals surface area contributed by atoms with Crippen LogP contribution in [0.2, 0.25) is 0 Å². The molecule has 0 aliphatic rings. The van der Waals surface area contributed by atoms with Crippen LogP contribution in [0.5, 0.6) is 0 Å². The Morgan fingerprint density at radius 3 is 2.94 bits per heavy atom. The first kappa shape index (κ1) is 13.5. The highest BCUT2D eigenvalue weighted by molar-refractivity contribution is 5.77. The summed E-state index contributed by atoms with van der Waals surface area (Å²) in [4.78, 5) is 10.9. The van der Waals surface area contributed by atoms with Crippen LogP contribution in [0.15, 0.2) is 6.20 Å². The number of halogens is 2. The Kier molecular flexibility index (Phi) is 4.50. The maximum Gasteiger partial charge on any atom is 0.379 e. The number of hydrogen-bond donors (Lipinski definition) is 1. The molecule has 1 aromatic rings. The van der Waals surface area contributed by atoms with E-state index in [2.05, 4.69) is 15.0 Å². The number of alkyl halides is 2. The first-order valence-electron chi connectivity index (χ1n) is 5.04. The summed E-state index contributed by atoms with van der Waals surface area (Å²) in [6.07, 6.45) is 1.48. The molecule has 0 spiro atoms. The second kappa shape index (κ2) is 5.67. The number of rotatable bonds is 6. The Morgan fingerprint density at radius 2 is 2.35 bits per heavy atom. The van der Waals surface area contributed by atoms with E-state index in [1.165, 1.54) is 13.1 Å². The lowest BCUT2D eigenvalue weighted by atomic mass is 10.3. The van der Waals surface area contributed by atoms with Crippen molar-refractivity contribution in [2.45, 2.75) is 25.8 Å². The second-order valence-corrected chi connectivity index (χ2v) is 3.31. The van der Waals surface area contributed by atoms with Crippen molar-refractivity contribution in [3.63, 3.8) is 0 Å². The van der Waals surface area contributed by atoms with E-state index in [0.717, 1.165) is 4.68 Å². The number of nitrogens with zero attached hydrogens (tertiary/aromatic N) is 3. The number of carbonyl (C=O) groups excluding carboxylic acids is 1. The quantitative estimate of drug-likeness (QED) is 0.719. The maximum absolute atomic E-state index is 13.3. The molecule has 0 unspecified atom stereocenters. The van der Waals surface area contributed by atoms with Gasteiger partial charge in [0.1, 0.15) is 6.54 Å². The Bertz CT molecular complexity index is 381. The van der Waals surface area contributed by atoms with Crippen LogP contribution in [-0.2, 0) is 22.5 Å². The Morgan fingerprint density at radius 1 is 1.65 bits per heavy atom. The average molecular weight is 249 g/mol. The second-order valence-electron chi connectivity index (χ2n) is 3.31. The molecule has 17 heavy (non-hydrogen) atoms. The molecule has 0 fully saturated rings. The molecule has 0 saturated heterocycles. The lowest BCUT2D eigenvalue weighted by molar-refractivity contribution is -0.173. The van der Waals surface area contributed by atoms with Crippen LogP contribution in [0.25, 0.3) is 0 Å². The Hall–Kier alpha value is -1.57. The van der Waals surface area contributed by atoms with Gasteiger partial charge < -0.3 is 9.84 Å². The number of hydrogen-bond acceptors (Lipinski definition) is 5. The van der Waals surface area contributed by atoms with Crippen LogP contribution in [0.1, 0.15) is 12.6 Å². The van der Waals surface area contributed by atoms with Crippen molar-refractivity contribution >= 4 is 5.97 Å². The summed E-state index contributed by atoms with van der Waals surface area (Å²) < 4.78 is 31.6. The van der Waals surface area contributed by atoms with Gasteiger partial charge in [-0.1, -0.05) is 5.21 Å². The highest BCUT2D eigenvalue weighted by Crippen LogP contribution is 2.18. The third-order valence-corrected chi connectivity index (χ3v) is 1.89. The molecule has 0 aliphatic heterocycles. The van der Waals surface area contributed by atoms with Gasteiger partial charge in [0.05, 0.1) is 12.3 Å². The van der Waals surface area contributed by atoms with E-state index < -0.39 is 18.4 Å². The molecular weight excluding hydrogens is 236 g/mol. The van der Waals surface area contributed by atoms with Crippen molar-refractivity contribution in [2.75, 3.05) is 13.2 Å². The van der Waals surface area contributed by atoms with Crippen molar-refractivity contribution < 1.29 is 23.4 Å². The van der Waals surface area contributed by atoms with Gasteiger partial charge in [0, 0.05) is 19.2 Å². The van der Waals surface area contributed by atoms with Crippen molar-refractivity contribution in [3.05, 3.63) is 11.9 Å². The molecule has 1 N–H and O–H groups in total. The van der Waals surface area contributed by atoms with E-state index in [0.29, 0.717) is 5.69 Å². The molecule has 0 aromatic carbocycles. The topological polar surface area (TPSA) is 77.2 Å². The minimum atomic E-state index is -3.64. The normalized spacial score (nSPS) is 11.5. The third kappa shape index (κ3) is 3.74. The SMILES string of the molecule is CCOC(=O)C(F)(F)Cn1cc(CCO)nn1. The van der Waals surface area contributed by atoms with E-state index in [4.69, 9.17) is 5.11 Å². The minimum absolute atomic E-state index is 0.110.